The van der Waals surface area contributed by atoms with Gasteiger partial charge < -0.3 is 19.3 Å². The molecule has 184 valence electrons. The van der Waals surface area contributed by atoms with E-state index < -0.39 is 6.10 Å². The van der Waals surface area contributed by atoms with Crippen LogP contribution in [-0.2, 0) is 13.1 Å². The van der Waals surface area contributed by atoms with E-state index in [4.69, 9.17) is 4.52 Å². The molecule has 3 aromatic heterocycles. The zero-order chi connectivity index (χ0) is 24.9. The third-order valence-corrected chi connectivity index (χ3v) is 6.30. The number of benzene rings is 1. The summed E-state index contributed by atoms with van der Waals surface area (Å²) < 4.78 is 7.39. The molecule has 5 rings (SSSR count). The largest absolute Gasteiger partial charge is 0.393 e. The number of piperidine rings is 1. The van der Waals surface area contributed by atoms with E-state index in [1.807, 2.05) is 59.4 Å². The summed E-state index contributed by atoms with van der Waals surface area (Å²) in [6.45, 7) is 4.78. The highest BCUT2D eigenvalue weighted by Gasteiger charge is 2.17. The molecule has 0 spiro atoms. The Morgan fingerprint density at radius 2 is 1.75 bits per heavy atom. The van der Waals surface area contributed by atoms with Crippen LogP contribution in [-0.4, -0.2) is 54.0 Å². The maximum absolute atomic E-state index is 9.83. The molecule has 1 aliphatic rings. The summed E-state index contributed by atoms with van der Waals surface area (Å²) in [5.74, 6) is 7.63. The smallest absolute Gasteiger partial charge is 0.167 e. The highest BCUT2D eigenvalue weighted by atomic mass is 16.5. The molecule has 1 fully saturated rings. The van der Waals surface area contributed by atoms with Gasteiger partial charge in [-0.1, -0.05) is 17.0 Å². The summed E-state index contributed by atoms with van der Waals surface area (Å²) >= 11 is 0. The van der Waals surface area contributed by atoms with Crippen molar-refractivity contribution in [1.29, 1.82) is 0 Å². The third-order valence-electron chi connectivity index (χ3n) is 6.30. The SMILES string of the molecule is CC(O)c1nccn1Cc1cc(-c2ccc(C#Cc3ccc(CN4CCC(O)CC4)nc3)cc2)on1. The van der Waals surface area contributed by atoms with Crippen molar-refractivity contribution in [2.45, 2.75) is 45.1 Å². The van der Waals surface area contributed by atoms with Crippen LogP contribution in [0.5, 0.6) is 0 Å². The van der Waals surface area contributed by atoms with Crippen molar-refractivity contribution in [1.82, 2.24) is 24.6 Å². The van der Waals surface area contributed by atoms with Gasteiger partial charge in [-0.15, -0.1) is 0 Å². The molecule has 2 N–H and O–H groups in total. The highest BCUT2D eigenvalue weighted by Crippen LogP contribution is 2.22. The number of nitrogens with zero attached hydrogens (tertiary/aromatic N) is 5. The number of aliphatic hydroxyl groups excluding tert-OH is 2. The molecular weight excluding hydrogens is 454 g/mol. The molecule has 0 bridgehead atoms. The predicted octanol–water partition coefficient (Wildman–Crippen LogP) is 3.39. The first kappa shape index (κ1) is 23.9. The maximum atomic E-state index is 9.83. The topological polar surface area (TPSA) is 100 Å². The van der Waals surface area contributed by atoms with Gasteiger partial charge in [-0.25, -0.2) is 4.98 Å². The van der Waals surface area contributed by atoms with E-state index in [1.54, 1.807) is 13.1 Å². The number of hydrogen-bond donors (Lipinski definition) is 2. The summed E-state index contributed by atoms with van der Waals surface area (Å²) in [4.78, 5) is 11.1. The van der Waals surface area contributed by atoms with E-state index in [2.05, 4.69) is 31.9 Å². The lowest BCUT2D eigenvalue weighted by molar-refractivity contribution is 0.0787. The summed E-state index contributed by atoms with van der Waals surface area (Å²) in [6.07, 6.45) is 6.14. The lowest BCUT2D eigenvalue weighted by Gasteiger charge is -2.29. The molecule has 1 unspecified atom stereocenters. The number of pyridine rings is 1. The van der Waals surface area contributed by atoms with Gasteiger partial charge >= 0.3 is 0 Å². The molecule has 1 aromatic carbocycles. The van der Waals surface area contributed by atoms with Gasteiger partial charge in [-0.3, -0.25) is 9.88 Å². The van der Waals surface area contributed by atoms with Crippen LogP contribution in [0.15, 0.2) is 65.6 Å². The minimum atomic E-state index is -0.649. The number of rotatable bonds is 6. The van der Waals surface area contributed by atoms with E-state index in [-0.39, 0.29) is 6.10 Å². The normalized spacial score (nSPS) is 15.4. The molecule has 0 aliphatic carbocycles. The minimum absolute atomic E-state index is 0.160. The van der Waals surface area contributed by atoms with Gasteiger partial charge in [0.1, 0.15) is 17.6 Å². The van der Waals surface area contributed by atoms with Crippen molar-refractivity contribution >= 4 is 0 Å². The molecule has 1 saturated heterocycles. The number of imidazole rings is 1. The Balaban J connectivity index is 1.19. The van der Waals surface area contributed by atoms with Crippen molar-refractivity contribution in [2.75, 3.05) is 13.1 Å². The maximum Gasteiger partial charge on any atom is 0.167 e. The van der Waals surface area contributed by atoms with Gasteiger partial charge in [-0.05, 0) is 56.2 Å². The number of aliphatic hydroxyl groups is 2. The molecule has 0 saturated carbocycles. The first-order chi connectivity index (χ1) is 17.5. The van der Waals surface area contributed by atoms with Crippen LogP contribution < -0.4 is 0 Å². The molecule has 8 nitrogen and oxygen atoms in total. The monoisotopic (exact) mass is 483 g/mol. The summed E-state index contributed by atoms with van der Waals surface area (Å²) in [6, 6.07) is 13.8. The van der Waals surface area contributed by atoms with Gasteiger partial charge in [0.15, 0.2) is 5.76 Å². The molecule has 4 aromatic rings. The van der Waals surface area contributed by atoms with Crippen molar-refractivity contribution in [2.24, 2.45) is 0 Å². The lowest BCUT2D eigenvalue weighted by Crippen LogP contribution is -2.35. The van der Waals surface area contributed by atoms with E-state index in [0.717, 1.165) is 60.6 Å². The molecule has 36 heavy (non-hydrogen) atoms. The quantitative estimate of drug-likeness (QED) is 0.406. The van der Waals surface area contributed by atoms with E-state index in [0.29, 0.717) is 18.1 Å². The first-order valence-corrected chi connectivity index (χ1v) is 12.2. The van der Waals surface area contributed by atoms with Gasteiger partial charge in [0, 0.05) is 61.0 Å². The zero-order valence-electron chi connectivity index (χ0n) is 20.2. The standard InChI is InChI=1S/C28H29N5O3/c1-20(34)28-29-12-15-33(28)19-25-16-27(36-31-25)23-7-4-21(5-8-23)2-3-22-6-9-24(30-17-22)18-32-13-10-26(35)11-14-32/h4-9,12,15-17,20,26,34-35H,10-11,13-14,18-19H2,1H3. The van der Waals surface area contributed by atoms with E-state index >= 15 is 0 Å². The Kier molecular flexibility index (Phi) is 7.23. The van der Waals surface area contributed by atoms with Gasteiger partial charge in [-0.2, -0.15) is 0 Å². The van der Waals surface area contributed by atoms with Crippen LogP contribution in [0.3, 0.4) is 0 Å². The fraction of sp³-hybridized carbons (Fsp3) is 0.321. The zero-order valence-corrected chi connectivity index (χ0v) is 20.2. The van der Waals surface area contributed by atoms with Crippen LogP contribution in [0, 0.1) is 11.8 Å². The molecule has 0 radical (unpaired) electrons. The summed E-state index contributed by atoms with van der Waals surface area (Å²) in [5.41, 5.74) is 4.45. The van der Waals surface area contributed by atoms with Crippen molar-refractivity contribution < 1.29 is 14.7 Å². The molecular formula is C28H29N5O3. The highest BCUT2D eigenvalue weighted by molar-refractivity contribution is 5.59. The van der Waals surface area contributed by atoms with Crippen molar-refractivity contribution in [3.63, 3.8) is 0 Å². The van der Waals surface area contributed by atoms with Gasteiger partial charge in [0.25, 0.3) is 0 Å². The van der Waals surface area contributed by atoms with Crippen molar-refractivity contribution in [3.05, 3.63) is 89.4 Å². The Morgan fingerprint density at radius 1 is 1.00 bits per heavy atom. The molecule has 8 heteroatoms. The molecule has 1 atom stereocenters. The third kappa shape index (κ3) is 5.89. The molecule has 0 amide bonds. The Labute approximate surface area is 210 Å². The number of hydrogen-bond acceptors (Lipinski definition) is 7. The fourth-order valence-corrected chi connectivity index (χ4v) is 4.28. The Hall–Kier alpha value is -3.77. The average Bonchev–Trinajstić information content (AvgIpc) is 3.56. The Bertz CT molecular complexity index is 1340. The average molecular weight is 484 g/mol. The first-order valence-electron chi connectivity index (χ1n) is 12.2. The van der Waals surface area contributed by atoms with Crippen molar-refractivity contribution in [3.8, 4) is 23.2 Å². The molecule has 1 aliphatic heterocycles. The van der Waals surface area contributed by atoms with E-state index in [9.17, 15) is 10.2 Å². The Morgan fingerprint density at radius 3 is 2.47 bits per heavy atom. The predicted molar refractivity (Wildman–Crippen MR) is 135 cm³/mol. The molecule has 4 heterocycles. The van der Waals surface area contributed by atoms with Crippen LogP contribution in [0.2, 0.25) is 0 Å². The second-order valence-corrected chi connectivity index (χ2v) is 9.14. The van der Waals surface area contributed by atoms with Gasteiger partial charge in [0.2, 0.25) is 0 Å². The summed E-state index contributed by atoms with van der Waals surface area (Å²) in [5, 5.41) is 23.6. The number of aromatic nitrogens is 4. The van der Waals surface area contributed by atoms with Crippen LogP contribution in [0.1, 0.15) is 54.2 Å². The second kappa shape index (κ2) is 10.9. The number of likely N-dealkylation sites (tertiary alicyclic amines) is 1. The van der Waals surface area contributed by atoms with E-state index in [1.165, 1.54) is 0 Å². The van der Waals surface area contributed by atoms with Gasteiger partial charge in [0.05, 0.1) is 18.3 Å². The minimum Gasteiger partial charge on any atom is -0.393 e. The fourth-order valence-electron chi connectivity index (χ4n) is 4.28. The lowest BCUT2D eigenvalue weighted by atomic mass is 10.1. The second-order valence-electron chi connectivity index (χ2n) is 9.14. The summed E-state index contributed by atoms with van der Waals surface area (Å²) in [7, 11) is 0. The van der Waals surface area contributed by atoms with Crippen LogP contribution >= 0.6 is 0 Å². The van der Waals surface area contributed by atoms with Crippen LogP contribution in [0.4, 0.5) is 0 Å². The van der Waals surface area contributed by atoms with Crippen LogP contribution in [0.25, 0.3) is 11.3 Å².